The number of fused-ring (bicyclic) bond motifs is 1. The zero-order valence-electron chi connectivity index (χ0n) is 10.9. The average Bonchev–Trinajstić information content (AvgIpc) is 2.46. The van der Waals surface area contributed by atoms with Gasteiger partial charge in [-0.3, -0.25) is 10.1 Å². The highest BCUT2D eigenvalue weighted by Gasteiger charge is 2.37. The van der Waals surface area contributed by atoms with E-state index in [-0.39, 0.29) is 23.1 Å². The minimum absolute atomic E-state index is 0.0319. The van der Waals surface area contributed by atoms with E-state index in [1.54, 1.807) is 0 Å². The van der Waals surface area contributed by atoms with Crippen molar-refractivity contribution in [3.63, 3.8) is 0 Å². The molecule has 1 aromatic rings. The van der Waals surface area contributed by atoms with Crippen LogP contribution in [-0.2, 0) is 4.74 Å². The van der Waals surface area contributed by atoms with Crippen molar-refractivity contribution < 1.29 is 9.66 Å². The lowest BCUT2D eigenvalue weighted by Crippen LogP contribution is -2.53. The fourth-order valence-corrected chi connectivity index (χ4v) is 3.17. The molecule has 1 aromatic heterocycles. The van der Waals surface area contributed by atoms with Gasteiger partial charge in [0.25, 0.3) is 0 Å². The molecule has 3 rings (SSSR count). The summed E-state index contributed by atoms with van der Waals surface area (Å²) in [7, 11) is 0. The van der Waals surface area contributed by atoms with Crippen molar-refractivity contribution in [2.24, 2.45) is 0 Å². The molecule has 7 nitrogen and oxygen atoms in total. The lowest BCUT2D eigenvalue weighted by atomic mass is 9.90. The van der Waals surface area contributed by atoms with Crippen LogP contribution in [0.5, 0.6) is 0 Å². The van der Waals surface area contributed by atoms with Gasteiger partial charge in [-0.15, -0.1) is 0 Å². The minimum atomic E-state index is -0.459. The Balaban J connectivity index is 1.98. The van der Waals surface area contributed by atoms with E-state index in [2.05, 4.69) is 9.97 Å². The second-order valence-corrected chi connectivity index (χ2v) is 5.40. The second kappa shape index (κ2) is 5.49. The predicted molar refractivity (Wildman–Crippen MR) is 73.0 cm³/mol. The summed E-state index contributed by atoms with van der Waals surface area (Å²) in [5, 5.41) is 11.2. The van der Waals surface area contributed by atoms with Gasteiger partial charge in [-0.2, -0.15) is 4.98 Å². The van der Waals surface area contributed by atoms with Crippen molar-refractivity contribution in [2.75, 3.05) is 18.1 Å². The van der Waals surface area contributed by atoms with E-state index >= 15 is 0 Å². The van der Waals surface area contributed by atoms with Crippen LogP contribution in [0.3, 0.4) is 0 Å². The number of hydrogen-bond donors (Lipinski definition) is 0. The Hall–Kier alpha value is -1.47. The largest absolute Gasteiger partial charge is 0.374 e. The number of hydrogen-bond acceptors (Lipinski definition) is 6. The molecule has 1 saturated heterocycles. The first kappa shape index (κ1) is 13.5. The quantitative estimate of drug-likeness (QED) is 0.473. The van der Waals surface area contributed by atoms with E-state index in [1.807, 2.05) is 4.90 Å². The predicted octanol–water partition coefficient (Wildman–Crippen LogP) is 2.19. The molecule has 0 aromatic carbocycles. The normalized spacial score (nSPS) is 26.1. The smallest absolute Gasteiger partial charge is 0.329 e. The summed E-state index contributed by atoms with van der Waals surface area (Å²) in [4.78, 5) is 20.5. The third kappa shape index (κ3) is 2.43. The number of ether oxygens (including phenoxy) is 1. The van der Waals surface area contributed by atoms with Crippen molar-refractivity contribution in [3.8, 4) is 0 Å². The summed E-state index contributed by atoms with van der Waals surface area (Å²) >= 11 is 5.81. The van der Waals surface area contributed by atoms with Gasteiger partial charge in [0, 0.05) is 6.54 Å². The molecule has 108 valence electrons. The van der Waals surface area contributed by atoms with Gasteiger partial charge in [-0.05, 0) is 24.4 Å². The maximum absolute atomic E-state index is 11.2. The van der Waals surface area contributed by atoms with Gasteiger partial charge < -0.3 is 9.64 Å². The molecular weight excluding hydrogens is 284 g/mol. The van der Waals surface area contributed by atoms with E-state index < -0.39 is 4.92 Å². The summed E-state index contributed by atoms with van der Waals surface area (Å²) < 4.78 is 5.78. The molecule has 1 aliphatic carbocycles. The summed E-state index contributed by atoms with van der Waals surface area (Å²) in [6, 6.07) is 0.141. The topological polar surface area (TPSA) is 81.4 Å². The molecule has 0 N–H and O–H groups in total. The van der Waals surface area contributed by atoms with Gasteiger partial charge >= 0.3 is 5.69 Å². The van der Waals surface area contributed by atoms with Crippen LogP contribution in [0, 0.1) is 10.1 Å². The molecule has 1 saturated carbocycles. The van der Waals surface area contributed by atoms with Gasteiger partial charge in [-0.25, -0.2) is 4.98 Å². The molecule has 0 amide bonds. The number of nitrogens with zero attached hydrogens (tertiary/aromatic N) is 4. The second-order valence-electron chi connectivity index (χ2n) is 5.06. The molecule has 2 heterocycles. The SMILES string of the molecule is O=[N+]([O-])c1cnc(Cl)nc1N1CCOC2CCCCC21. The van der Waals surface area contributed by atoms with Gasteiger partial charge in [0.1, 0.15) is 6.20 Å². The number of morpholine rings is 1. The van der Waals surface area contributed by atoms with Gasteiger partial charge in [0.05, 0.1) is 23.7 Å². The first-order valence-corrected chi connectivity index (χ1v) is 7.10. The Morgan fingerprint density at radius 2 is 2.25 bits per heavy atom. The number of rotatable bonds is 2. The number of nitro groups is 1. The van der Waals surface area contributed by atoms with Crippen LogP contribution in [0.4, 0.5) is 11.5 Å². The fourth-order valence-electron chi connectivity index (χ4n) is 3.05. The molecule has 2 atom stereocenters. The first-order valence-electron chi connectivity index (χ1n) is 6.72. The first-order chi connectivity index (χ1) is 9.66. The van der Waals surface area contributed by atoms with Crippen LogP contribution in [0.1, 0.15) is 25.7 Å². The molecule has 0 radical (unpaired) electrons. The number of halogens is 1. The van der Waals surface area contributed by atoms with Crippen molar-refractivity contribution in [2.45, 2.75) is 37.8 Å². The Labute approximate surface area is 121 Å². The number of aromatic nitrogens is 2. The Morgan fingerprint density at radius 1 is 1.45 bits per heavy atom. The lowest BCUT2D eigenvalue weighted by Gasteiger charge is -2.44. The third-order valence-electron chi connectivity index (χ3n) is 3.92. The van der Waals surface area contributed by atoms with E-state index in [1.165, 1.54) is 6.20 Å². The molecule has 2 unspecified atom stereocenters. The molecule has 1 aliphatic heterocycles. The maximum Gasteiger partial charge on any atom is 0.329 e. The van der Waals surface area contributed by atoms with E-state index in [4.69, 9.17) is 16.3 Å². The van der Waals surface area contributed by atoms with Crippen LogP contribution in [0.2, 0.25) is 5.28 Å². The highest BCUT2D eigenvalue weighted by molar-refractivity contribution is 6.28. The zero-order valence-corrected chi connectivity index (χ0v) is 11.6. The Bertz CT molecular complexity index is 525. The third-order valence-corrected chi connectivity index (χ3v) is 4.10. The van der Waals surface area contributed by atoms with Crippen molar-refractivity contribution in [1.82, 2.24) is 9.97 Å². The average molecular weight is 299 g/mol. The standard InChI is InChI=1S/C12H15ClN4O3/c13-12-14-7-9(17(18)19)11(15-12)16-5-6-20-10-4-2-1-3-8(10)16/h7-8,10H,1-6H2. The summed E-state index contributed by atoms with van der Waals surface area (Å²) in [6.07, 6.45) is 5.51. The van der Waals surface area contributed by atoms with E-state index in [0.29, 0.717) is 19.0 Å². The maximum atomic E-state index is 11.2. The van der Waals surface area contributed by atoms with Crippen molar-refractivity contribution in [1.29, 1.82) is 0 Å². The lowest BCUT2D eigenvalue weighted by molar-refractivity contribution is -0.384. The molecule has 2 aliphatic rings. The Morgan fingerprint density at radius 3 is 3.05 bits per heavy atom. The number of anilines is 1. The molecule has 2 fully saturated rings. The summed E-state index contributed by atoms with van der Waals surface area (Å²) in [5.74, 6) is 0.315. The van der Waals surface area contributed by atoms with Crippen LogP contribution in [0.15, 0.2) is 6.20 Å². The molecule has 8 heteroatoms. The molecular formula is C12H15ClN4O3. The Kier molecular flexibility index (Phi) is 3.71. The highest BCUT2D eigenvalue weighted by Crippen LogP contribution is 2.35. The van der Waals surface area contributed by atoms with Crippen LogP contribution in [0.25, 0.3) is 0 Å². The van der Waals surface area contributed by atoms with E-state index in [9.17, 15) is 10.1 Å². The van der Waals surface area contributed by atoms with Gasteiger partial charge in [0.15, 0.2) is 0 Å². The van der Waals surface area contributed by atoms with Crippen molar-refractivity contribution in [3.05, 3.63) is 21.6 Å². The summed E-state index contributed by atoms with van der Waals surface area (Å²) in [6.45, 7) is 1.15. The minimum Gasteiger partial charge on any atom is -0.374 e. The fraction of sp³-hybridized carbons (Fsp3) is 0.667. The van der Waals surface area contributed by atoms with E-state index in [0.717, 1.165) is 25.7 Å². The van der Waals surface area contributed by atoms with Crippen molar-refractivity contribution >= 4 is 23.1 Å². The van der Waals surface area contributed by atoms with Crippen LogP contribution < -0.4 is 4.90 Å². The van der Waals surface area contributed by atoms with Crippen LogP contribution >= 0.6 is 11.6 Å². The molecule has 0 spiro atoms. The van der Waals surface area contributed by atoms with Crippen LogP contribution in [-0.4, -0.2) is 40.2 Å². The highest BCUT2D eigenvalue weighted by atomic mass is 35.5. The van der Waals surface area contributed by atoms with Gasteiger partial charge in [0.2, 0.25) is 11.1 Å². The van der Waals surface area contributed by atoms with Gasteiger partial charge in [-0.1, -0.05) is 12.8 Å². The monoisotopic (exact) mass is 298 g/mol. The molecule has 0 bridgehead atoms. The zero-order chi connectivity index (χ0) is 14.1. The summed E-state index contributed by atoms with van der Waals surface area (Å²) in [5.41, 5.74) is -0.0966. The molecule has 20 heavy (non-hydrogen) atoms.